The molecule has 1 aromatic rings. The van der Waals surface area contributed by atoms with Crippen LogP contribution in [0.25, 0.3) is 6.08 Å². The van der Waals surface area contributed by atoms with Gasteiger partial charge in [0.2, 0.25) is 5.91 Å². The van der Waals surface area contributed by atoms with Crippen LogP contribution in [0, 0.1) is 5.82 Å². The first-order chi connectivity index (χ1) is 8.61. The Kier molecular flexibility index (Phi) is 5.91. The van der Waals surface area contributed by atoms with Gasteiger partial charge in [-0.2, -0.15) is 0 Å². The summed E-state index contributed by atoms with van der Waals surface area (Å²) in [6.07, 6.45) is 4.41. The maximum atomic E-state index is 13.3. The zero-order valence-corrected chi connectivity index (χ0v) is 10.7. The number of ether oxygens (including phenoxy) is 1. The van der Waals surface area contributed by atoms with Crippen LogP contribution in [-0.2, 0) is 4.79 Å². The van der Waals surface area contributed by atoms with Crippen LogP contribution in [0.15, 0.2) is 24.3 Å². The fourth-order valence-electron chi connectivity index (χ4n) is 1.48. The average molecular weight is 251 g/mol. The second-order valence-electron chi connectivity index (χ2n) is 3.83. The minimum atomic E-state index is -0.317. The molecule has 0 aromatic heterocycles. The first kappa shape index (κ1) is 14.2. The third-order valence-electron chi connectivity index (χ3n) is 2.20. The van der Waals surface area contributed by atoms with Crippen LogP contribution in [0.1, 0.15) is 25.8 Å². The Morgan fingerprint density at radius 2 is 2.22 bits per heavy atom. The second-order valence-corrected chi connectivity index (χ2v) is 3.83. The summed E-state index contributed by atoms with van der Waals surface area (Å²) in [6, 6.07) is 4.58. The Labute approximate surface area is 107 Å². The lowest BCUT2D eigenvalue weighted by atomic mass is 10.2. The van der Waals surface area contributed by atoms with Crippen molar-refractivity contribution in [2.75, 3.05) is 13.2 Å². The van der Waals surface area contributed by atoms with Gasteiger partial charge in [0.05, 0.1) is 6.61 Å². The summed E-state index contributed by atoms with van der Waals surface area (Å²) < 4.78 is 18.5. The van der Waals surface area contributed by atoms with Gasteiger partial charge in [-0.05, 0) is 31.0 Å². The monoisotopic (exact) mass is 251 g/mol. The van der Waals surface area contributed by atoms with Crippen LogP contribution < -0.4 is 10.1 Å². The van der Waals surface area contributed by atoms with E-state index in [1.54, 1.807) is 6.07 Å². The Hall–Kier alpha value is -1.84. The van der Waals surface area contributed by atoms with Gasteiger partial charge in [0.1, 0.15) is 11.6 Å². The highest BCUT2D eigenvalue weighted by atomic mass is 19.1. The van der Waals surface area contributed by atoms with Gasteiger partial charge in [0.15, 0.2) is 0 Å². The molecule has 1 amide bonds. The van der Waals surface area contributed by atoms with Gasteiger partial charge >= 0.3 is 0 Å². The lowest BCUT2D eigenvalue weighted by molar-refractivity contribution is -0.118. The number of halogens is 1. The predicted molar refractivity (Wildman–Crippen MR) is 69.9 cm³/mol. The SMILES string of the molecule is CCOc1cc(F)cc(C=CCCNC(C)=O)c1. The lowest BCUT2D eigenvalue weighted by Crippen LogP contribution is -2.20. The molecule has 0 heterocycles. The van der Waals surface area contributed by atoms with Gasteiger partial charge in [-0.1, -0.05) is 12.2 Å². The van der Waals surface area contributed by atoms with E-state index in [0.29, 0.717) is 25.3 Å². The van der Waals surface area contributed by atoms with Crippen molar-refractivity contribution >= 4 is 12.0 Å². The molecule has 3 nitrogen and oxygen atoms in total. The molecule has 1 rings (SSSR count). The van der Waals surface area contributed by atoms with Crippen molar-refractivity contribution in [3.05, 3.63) is 35.7 Å². The average Bonchev–Trinajstić information content (AvgIpc) is 2.28. The van der Waals surface area contributed by atoms with Crippen molar-refractivity contribution in [3.8, 4) is 5.75 Å². The number of nitrogens with one attached hydrogen (secondary N) is 1. The van der Waals surface area contributed by atoms with Crippen molar-refractivity contribution in [2.24, 2.45) is 0 Å². The van der Waals surface area contributed by atoms with Crippen LogP contribution in [0.2, 0.25) is 0 Å². The molecule has 98 valence electrons. The molecule has 0 radical (unpaired) electrons. The van der Waals surface area contributed by atoms with Crippen LogP contribution in [-0.4, -0.2) is 19.1 Å². The number of carbonyl (C=O) groups excluding carboxylic acids is 1. The third kappa shape index (κ3) is 5.48. The molecule has 0 aliphatic heterocycles. The normalized spacial score (nSPS) is 10.6. The summed E-state index contributed by atoms with van der Waals surface area (Å²) in [6.45, 7) is 4.42. The number of hydrogen-bond acceptors (Lipinski definition) is 2. The van der Waals surface area contributed by atoms with E-state index < -0.39 is 0 Å². The van der Waals surface area contributed by atoms with Crippen LogP contribution in [0.5, 0.6) is 5.75 Å². The molecule has 0 saturated carbocycles. The van der Waals surface area contributed by atoms with Crippen molar-refractivity contribution in [3.63, 3.8) is 0 Å². The molecule has 18 heavy (non-hydrogen) atoms. The Morgan fingerprint density at radius 3 is 2.89 bits per heavy atom. The van der Waals surface area contributed by atoms with Crippen LogP contribution >= 0.6 is 0 Å². The van der Waals surface area contributed by atoms with E-state index in [2.05, 4.69) is 5.32 Å². The van der Waals surface area contributed by atoms with Gasteiger partial charge in [-0.15, -0.1) is 0 Å². The minimum Gasteiger partial charge on any atom is -0.494 e. The molecule has 0 atom stereocenters. The standard InChI is InChI=1S/C14H18FNO2/c1-3-18-14-9-12(8-13(15)10-14)6-4-5-7-16-11(2)17/h4,6,8-10H,3,5,7H2,1-2H3,(H,16,17). The number of hydrogen-bond donors (Lipinski definition) is 1. The van der Waals surface area contributed by atoms with E-state index in [1.807, 2.05) is 19.1 Å². The van der Waals surface area contributed by atoms with Crippen molar-refractivity contribution in [1.82, 2.24) is 5.32 Å². The van der Waals surface area contributed by atoms with E-state index in [0.717, 1.165) is 5.56 Å². The van der Waals surface area contributed by atoms with Gasteiger partial charge in [0, 0.05) is 19.5 Å². The predicted octanol–water partition coefficient (Wildman–Crippen LogP) is 2.76. The molecule has 4 heteroatoms. The largest absolute Gasteiger partial charge is 0.494 e. The molecular weight excluding hydrogens is 233 g/mol. The van der Waals surface area contributed by atoms with Crippen LogP contribution in [0.3, 0.4) is 0 Å². The summed E-state index contributed by atoms with van der Waals surface area (Å²) in [5.41, 5.74) is 0.751. The summed E-state index contributed by atoms with van der Waals surface area (Å²) in [4.78, 5) is 10.6. The summed E-state index contributed by atoms with van der Waals surface area (Å²) in [5.74, 6) is 0.161. The highest BCUT2D eigenvalue weighted by Gasteiger charge is 1.99. The third-order valence-corrected chi connectivity index (χ3v) is 2.20. The molecule has 0 spiro atoms. The van der Waals surface area contributed by atoms with Gasteiger partial charge in [-0.3, -0.25) is 4.79 Å². The molecule has 1 N–H and O–H groups in total. The number of carbonyl (C=O) groups is 1. The van der Waals surface area contributed by atoms with Gasteiger partial charge < -0.3 is 10.1 Å². The molecule has 0 unspecified atom stereocenters. The van der Waals surface area contributed by atoms with Crippen molar-refractivity contribution < 1.29 is 13.9 Å². The Balaban J connectivity index is 2.55. The summed E-state index contributed by atoms with van der Waals surface area (Å²) in [5, 5.41) is 2.69. The maximum Gasteiger partial charge on any atom is 0.216 e. The molecule has 1 aromatic carbocycles. The molecular formula is C14H18FNO2. The van der Waals surface area contributed by atoms with E-state index >= 15 is 0 Å². The Morgan fingerprint density at radius 1 is 1.44 bits per heavy atom. The number of rotatable bonds is 6. The number of amides is 1. The fourth-order valence-corrected chi connectivity index (χ4v) is 1.48. The number of benzene rings is 1. The smallest absolute Gasteiger partial charge is 0.216 e. The lowest BCUT2D eigenvalue weighted by Gasteiger charge is -2.04. The molecule has 0 fully saturated rings. The van der Waals surface area contributed by atoms with Crippen molar-refractivity contribution in [2.45, 2.75) is 20.3 Å². The molecule has 0 aliphatic rings. The van der Waals surface area contributed by atoms with E-state index in [1.165, 1.54) is 19.1 Å². The topological polar surface area (TPSA) is 38.3 Å². The highest BCUT2D eigenvalue weighted by molar-refractivity contribution is 5.72. The highest BCUT2D eigenvalue weighted by Crippen LogP contribution is 2.17. The second kappa shape index (κ2) is 7.48. The van der Waals surface area contributed by atoms with Gasteiger partial charge in [-0.25, -0.2) is 4.39 Å². The molecule has 0 saturated heterocycles. The van der Waals surface area contributed by atoms with E-state index in [4.69, 9.17) is 4.74 Å². The van der Waals surface area contributed by atoms with E-state index in [-0.39, 0.29) is 11.7 Å². The summed E-state index contributed by atoms with van der Waals surface area (Å²) >= 11 is 0. The first-order valence-electron chi connectivity index (χ1n) is 5.96. The van der Waals surface area contributed by atoms with Crippen molar-refractivity contribution in [1.29, 1.82) is 0 Å². The quantitative estimate of drug-likeness (QED) is 0.789. The van der Waals surface area contributed by atoms with E-state index in [9.17, 15) is 9.18 Å². The summed E-state index contributed by atoms with van der Waals surface area (Å²) in [7, 11) is 0. The first-order valence-corrected chi connectivity index (χ1v) is 5.96. The fraction of sp³-hybridized carbons (Fsp3) is 0.357. The molecule has 0 bridgehead atoms. The van der Waals surface area contributed by atoms with Crippen LogP contribution in [0.4, 0.5) is 4.39 Å². The zero-order valence-electron chi connectivity index (χ0n) is 10.7. The molecule has 0 aliphatic carbocycles. The Bertz CT molecular complexity index is 430. The van der Waals surface area contributed by atoms with Gasteiger partial charge in [0.25, 0.3) is 0 Å². The zero-order chi connectivity index (χ0) is 13.4. The maximum absolute atomic E-state index is 13.3. The minimum absolute atomic E-state index is 0.0483.